The van der Waals surface area contributed by atoms with Gasteiger partial charge in [-0.1, -0.05) is 43.8 Å². The monoisotopic (exact) mass is 527 g/mol. The zero-order chi connectivity index (χ0) is 27.0. The van der Waals surface area contributed by atoms with E-state index in [1.54, 1.807) is 36.4 Å². The summed E-state index contributed by atoms with van der Waals surface area (Å²) < 4.78 is 13.0. The lowest BCUT2D eigenvalue weighted by Crippen LogP contribution is -2.51. The van der Waals surface area contributed by atoms with Gasteiger partial charge in [-0.25, -0.2) is 4.79 Å². The second-order valence-electron chi connectivity index (χ2n) is 9.10. The Bertz CT molecular complexity index is 1220. The molecule has 0 saturated carbocycles. The number of carbonyl (C=O) groups is 3. The van der Waals surface area contributed by atoms with E-state index in [2.05, 4.69) is 20.8 Å². The first-order chi connectivity index (χ1) is 17.6. The summed E-state index contributed by atoms with van der Waals surface area (Å²) in [6.07, 6.45) is -0.670. The van der Waals surface area contributed by atoms with Crippen molar-refractivity contribution in [3.05, 3.63) is 65.6 Å². The third-order valence-corrected chi connectivity index (χ3v) is 5.45. The number of nitrogens with one attached hydrogen (secondary N) is 2. The number of fused-ring (bicyclic) bond motifs is 1. The molecule has 12 nitrogen and oxygen atoms in total. The van der Waals surface area contributed by atoms with Crippen LogP contribution in [-0.2, 0) is 32.3 Å². The molecule has 0 fully saturated rings. The van der Waals surface area contributed by atoms with E-state index in [0.29, 0.717) is 23.8 Å². The summed E-state index contributed by atoms with van der Waals surface area (Å²) >= 11 is 0. The van der Waals surface area contributed by atoms with Crippen LogP contribution in [0.25, 0.3) is 5.65 Å². The number of aromatic nitrogens is 3. The summed E-state index contributed by atoms with van der Waals surface area (Å²) in [6, 6.07) is 14.2. The Kier molecular flexibility index (Phi) is 10.7. The molecule has 0 aliphatic carbocycles. The molecule has 1 aromatic carbocycles. The van der Waals surface area contributed by atoms with Crippen molar-refractivity contribution in [2.45, 2.75) is 46.1 Å². The quantitative estimate of drug-likeness (QED) is 0.341. The van der Waals surface area contributed by atoms with Gasteiger partial charge in [-0.2, -0.15) is 0 Å². The molecule has 0 radical (unpaired) electrons. The van der Waals surface area contributed by atoms with Crippen molar-refractivity contribution < 1.29 is 23.9 Å². The molecule has 0 spiro atoms. The van der Waals surface area contributed by atoms with E-state index < -0.39 is 23.6 Å². The van der Waals surface area contributed by atoms with Crippen LogP contribution < -0.4 is 16.4 Å². The molecule has 1 atom stereocenters. The van der Waals surface area contributed by atoms with Crippen LogP contribution in [-0.4, -0.2) is 70.2 Å². The lowest BCUT2D eigenvalue weighted by molar-refractivity contribution is -0.126. The largest absolute Gasteiger partial charge is 0.443 e. The summed E-state index contributed by atoms with van der Waals surface area (Å²) in [5.74, 6) is -0.317. The van der Waals surface area contributed by atoms with Crippen LogP contribution in [0.2, 0.25) is 0 Å². The standard InChI is InChI=1S/C25H33N7O5.CH4/c1-25(2,26)23(34)28-19(16-36-14-17-9-6-5-7-10-17)22-30-29-20-12-8-11-18(32(20)22)15-37-24(35)31(4)13-21(33)27-3;/h5-12,19H,13-16,26H2,1-4H3,(H,27,33)(H,28,34);1H4/t19-;/m1./s1. The fourth-order valence-electron chi connectivity index (χ4n) is 3.37. The van der Waals surface area contributed by atoms with E-state index >= 15 is 0 Å². The summed E-state index contributed by atoms with van der Waals surface area (Å²) in [7, 11) is 2.95. The first kappa shape index (κ1) is 30.2. The van der Waals surface area contributed by atoms with Crippen molar-refractivity contribution in [3.8, 4) is 0 Å². The first-order valence-corrected chi connectivity index (χ1v) is 11.7. The smallest absolute Gasteiger partial charge is 0.410 e. The van der Waals surface area contributed by atoms with Crippen molar-refractivity contribution in [1.82, 2.24) is 30.1 Å². The predicted octanol–water partition coefficient (Wildman–Crippen LogP) is 1.79. The highest BCUT2D eigenvalue weighted by Crippen LogP contribution is 2.18. The van der Waals surface area contributed by atoms with E-state index in [0.717, 1.165) is 10.5 Å². The van der Waals surface area contributed by atoms with E-state index in [4.69, 9.17) is 15.2 Å². The molecule has 0 aliphatic heterocycles. The van der Waals surface area contributed by atoms with Gasteiger partial charge in [0.15, 0.2) is 11.5 Å². The third kappa shape index (κ3) is 7.98. The number of nitrogens with zero attached hydrogens (tertiary/aromatic N) is 4. The topological polar surface area (TPSA) is 153 Å². The van der Waals surface area contributed by atoms with Crippen LogP contribution in [0, 0.1) is 0 Å². The zero-order valence-electron chi connectivity index (χ0n) is 21.4. The summed E-state index contributed by atoms with van der Waals surface area (Å²) in [6.45, 7) is 3.38. The number of pyridine rings is 1. The van der Waals surface area contributed by atoms with Gasteiger partial charge in [0.1, 0.15) is 19.2 Å². The van der Waals surface area contributed by atoms with Crippen molar-refractivity contribution in [2.24, 2.45) is 5.73 Å². The van der Waals surface area contributed by atoms with Gasteiger partial charge in [-0.05, 0) is 31.5 Å². The summed E-state index contributed by atoms with van der Waals surface area (Å²) in [5, 5.41) is 13.9. The van der Waals surface area contributed by atoms with Crippen LogP contribution >= 0.6 is 0 Å². The molecule has 0 unspecified atom stereocenters. The number of amides is 3. The second-order valence-corrected chi connectivity index (χ2v) is 9.10. The predicted molar refractivity (Wildman–Crippen MR) is 142 cm³/mol. The van der Waals surface area contributed by atoms with Gasteiger partial charge in [-0.3, -0.25) is 14.0 Å². The highest BCUT2D eigenvalue weighted by Gasteiger charge is 2.28. The Balaban J connectivity index is 0.00000507. The molecule has 3 amide bonds. The number of likely N-dealkylation sites (N-methyl/N-ethyl adjacent to an activating group) is 2. The van der Waals surface area contributed by atoms with Crippen LogP contribution in [0.1, 0.15) is 44.4 Å². The molecule has 38 heavy (non-hydrogen) atoms. The van der Waals surface area contributed by atoms with Gasteiger partial charge in [0.25, 0.3) is 0 Å². The number of ether oxygens (including phenoxy) is 2. The maximum atomic E-state index is 12.8. The molecule has 0 saturated heterocycles. The van der Waals surface area contributed by atoms with Crippen LogP contribution in [0.15, 0.2) is 48.5 Å². The van der Waals surface area contributed by atoms with Crippen molar-refractivity contribution in [2.75, 3.05) is 27.2 Å². The highest BCUT2D eigenvalue weighted by atomic mass is 16.6. The molecule has 3 aromatic rings. The maximum Gasteiger partial charge on any atom is 0.410 e. The Hall–Kier alpha value is -4.03. The molecule has 2 aromatic heterocycles. The number of hydrogen-bond acceptors (Lipinski definition) is 8. The molecule has 0 aliphatic rings. The number of carbonyl (C=O) groups excluding carboxylic acids is 3. The van der Waals surface area contributed by atoms with Gasteiger partial charge in [0.2, 0.25) is 11.8 Å². The minimum Gasteiger partial charge on any atom is -0.443 e. The van der Waals surface area contributed by atoms with Gasteiger partial charge >= 0.3 is 6.09 Å². The van der Waals surface area contributed by atoms with Gasteiger partial charge in [0.05, 0.1) is 24.4 Å². The van der Waals surface area contributed by atoms with E-state index in [1.807, 2.05) is 30.3 Å². The molecule has 12 heteroatoms. The number of benzene rings is 1. The van der Waals surface area contributed by atoms with Crippen LogP contribution in [0.3, 0.4) is 0 Å². The third-order valence-electron chi connectivity index (χ3n) is 5.45. The number of nitrogens with two attached hydrogens (primary N) is 1. The normalized spacial score (nSPS) is 11.8. The van der Waals surface area contributed by atoms with Gasteiger partial charge in [0, 0.05) is 14.1 Å². The minimum absolute atomic E-state index is 0. The van der Waals surface area contributed by atoms with Crippen molar-refractivity contribution in [1.29, 1.82) is 0 Å². The van der Waals surface area contributed by atoms with E-state index in [9.17, 15) is 14.4 Å². The average molecular weight is 528 g/mol. The zero-order valence-corrected chi connectivity index (χ0v) is 21.4. The SMILES string of the molecule is C.CNC(=O)CN(C)C(=O)OCc1cccc2nnc([C@@H](COCc3ccccc3)NC(=O)C(C)(C)N)n12. The number of rotatable bonds is 11. The van der Waals surface area contributed by atoms with Crippen molar-refractivity contribution in [3.63, 3.8) is 0 Å². The Morgan fingerprint density at radius 2 is 1.79 bits per heavy atom. The Morgan fingerprint density at radius 1 is 1.08 bits per heavy atom. The Labute approximate surface area is 222 Å². The lowest BCUT2D eigenvalue weighted by atomic mass is 10.1. The summed E-state index contributed by atoms with van der Waals surface area (Å²) in [5.41, 5.74) is 6.92. The second kappa shape index (κ2) is 13.5. The van der Waals surface area contributed by atoms with Crippen LogP contribution in [0.5, 0.6) is 0 Å². The fraction of sp³-hybridized carbons (Fsp3) is 0.423. The lowest BCUT2D eigenvalue weighted by Gasteiger charge is -2.24. The summed E-state index contributed by atoms with van der Waals surface area (Å²) in [4.78, 5) is 37.9. The van der Waals surface area contributed by atoms with E-state index in [1.165, 1.54) is 14.1 Å². The molecular weight excluding hydrogens is 490 g/mol. The fourth-order valence-corrected chi connectivity index (χ4v) is 3.37. The molecule has 3 rings (SSSR count). The molecule has 0 bridgehead atoms. The maximum absolute atomic E-state index is 12.8. The molecule has 2 heterocycles. The van der Waals surface area contributed by atoms with Gasteiger partial charge in [-0.15, -0.1) is 10.2 Å². The Morgan fingerprint density at radius 3 is 2.45 bits per heavy atom. The first-order valence-electron chi connectivity index (χ1n) is 11.7. The van der Waals surface area contributed by atoms with Crippen LogP contribution in [0.4, 0.5) is 4.79 Å². The average Bonchev–Trinajstić information content (AvgIpc) is 3.31. The number of hydrogen-bond donors (Lipinski definition) is 3. The highest BCUT2D eigenvalue weighted by molar-refractivity contribution is 5.85. The molecular formula is C26H37N7O5. The van der Waals surface area contributed by atoms with Gasteiger partial charge < -0.3 is 30.7 Å². The van der Waals surface area contributed by atoms with E-state index in [-0.39, 0.29) is 33.1 Å². The van der Waals surface area contributed by atoms with Crippen molar-refractivity contribution >= 4 is 23.6 Å². The molecule has 4 N–H and O–H groups in total. The minimum atomic E-state index is -1.13. The molecule has 206 valence electrons.